The number of phenols is 1. The van der Waals surface area contributed by atoms with Crippen molar-refractivity contribution in [2.24, 2.45) is 0 Å². The molecular weight excluding hydrogens is 294 g/mol. The highest BCUT2D eigenvalue weighted by molar-refractivity contribution is 9.10. The largest absolute Gasteiger partial charge is 0.508 e. The molecule has 1 N–H and O–H groups in total. The highest BCUT2D eigenvalue weighted by atomic mass is 79.9. The first-order valence-electron chi connectivity index (χ1n) is 5.49. The van der Waals surface area contributed by atoms with Gasteiger partial charge in [0, 0.05) is 17.1 Å². The molecule has 3 aromatic rings. The van der Waals surface area contributed by atoms with E-state index < -0.39 is 0 Å². The van der Waals surface area contributed by atoms with Gasteiger partial charge in [0.1, 0.15) is 11.6 Å². The summed E-state index contributed by atoms with van der Waals surface area (Å²) in [6, 6.07) is 11.0. The number of hydrogen-bond donors (Lipinski definition) is 1. The smallest absolute Gasteiger partial charge is 0.161 e. The molecule has 2 heterocycles. The van der Waals surface area contributed by atoms with Gasteiger partial charge >= 0.3 is 0 Å². The second kappa shape index (κ2) is 4.42. The van der Waals surface area contributed by atoms with Crippen molar-refractivity contribution in [3.05, 3.63) is 58.5 Å². The van der Waals surface area contributed by atoms with Crippen LogP contribution in [0.2, 0.25) is 0 Å². The van der Waals surface area contributed by atoms with E-state index in [0.717, 1.165) is 21.5 Å². The molecule has 4 nitrogen and oxygen atoms in total. The van der Waals surface area contributed by atoms with Crippen molar-refractivity contribution in [2.45, 2.75) is 6.42 Å². The molecule has 0 saturated heterocycles. The highest BCUT2D eigenvalue weighted by Gasteiger charge is 2.06. The highest BCUT2D eigenvalue weighted by Crippen LogP contribution is 2.16. The van der Waals surface area contributed by atoms with E-state index in [1.54, 1.807) is 12.1 Å². The van der Waals surface area contributed by atoms with Crippen molar-refractivity contribution in [3.63, 3.8) is 0 Å². The van der Waals surface area contributed by atoms with Crippen LogP contribution in [0, 0.1) is 0 Å². The Morgan fingerprint density at radius 1 is 1.11 bits per heavy atom. The Kier molecular flexibility index (Phi) is 2.76. The van der Waals surface area contributed by atoms with Crippen molar-refractivity contribution in [1.82, 2.24) is 14.6 Å². The van der Waals surface area contributed by atoms with Crippen molar-refractivity contribution < 1.29 is 5.11 Å². The lowest BCUT2D eigenvalue weighted by atomic mass is 10.1. The fraction of sp³-hybridized carbons (Fsp3) is 0.0769. The molecule has 0 spiro atoms. The minimum atomic E-state index is 0.272. The van der Waals surface area contributed by atoms with Crippen LogP contribution >= 0.6 is 15.9 Å². The van der Waals surface area contributed by atoms with Gasteiger partial charge in [-0.3, -0.25) is 4.40 Å². The maximum Gasteiger partial charge on any atom is 0.161 e. The van der Waals surface area contributed by atoms with Gasteiger partial charge in [0.25, 0.3) is 0 Å². The van der Waals surface area contributed by atoms with Crippen LogP contribution in [0.1, 0.15) is 11.4 Å². The van der Waals surface area contributed by atoms with E-state index in [1.165, 1.54) is 0 Å². The molecule has 0 amide bonds. The summed E-state index contributed by atoms with van der Waals surface area (Å²) in [7, 11) is 0. The Morgan fingerprint density at radius 2 is 1.89 bits per heavy atom. The maximum absolute atomic E-state index is 9.25. The van der Waals surface area contributed by atoms with Crippen LogP contribution in [0.3, 0.4) is 0 Å². The quantitative estimate of drug-likeness (QED) is 0.792. The molecule has 5 heteroatoms. The number of benzene rings is 1. The van der Waals surface area contributed by atoms with Crippen molar-refractivity contribution in [3.8, 4) is 5.75 Å². The van der Waals surface area contributed by atoms with Crippen molar-refractivity contribution in [1.29, 1.82) is 0 Å². The summed E-state index contributed by atoms with van der Waals surface area (Å²) in [4.78, 5) is 0. The van der Waals surface area contributed by atoms with Crippen LogP contribution < -0.4 is 0 Å². The predicted molar refractivity (Wildman–Crippen MR) is 71.6 cm³/mol. The SMILES string of the molecule is Oc1ccc(Cc2nnc3cc(Br)ccn23)cc1. The minimum Gasteiger partial charge on any atom is -0.508 e. The van der Waals surface area contributed by atoms with Gasteiger partial charge in [-0.15, -0.1) is 10.2 Å². The Labute approximate surface area is 112 Å². The fourth-order valence-electron chi connectivity index (χ4n) is 1.83. The van der Waals surface area contributed by atoms with Crippen molar-refractivity contribution in [2.75, 3.05) is 0 Å². The molecule has 0 aliphatic heterocycles. The summed E-state index contributed by atoms with van der Waals surface area (Å²) in [5.74, 6) is 1.15. The molecule has 0 aliphatic carbocycles. The molecule has 0 radical (unpaired) electrons. The summed E-state index contributed by atoms with van der Waals surface area (Å²) in [5, 5.41) is 17.6. The monoisotopic (exact) mass is 303 g/mol. The summed E-state index contributed by atoms with van der Waals surface area (Å²) < 4.78 is 2.94. The molecule has 0 aliphatic rings. The van der Waals surface area contributed by atoms with Gasteiger partial charge in [0.05, 0.1) is 0 Å². The van der Waals surface area contributed by atoms with Gasteiger partial charge in [0.15, 0.2) is 5.65 Å². The first kappa shape index (κ1) is 11.2. The van der Waals surface area contributed by atoms with E-state index in [4.69, 9.17) is 0 Å². The topological polar surface area (TPSA) is 50.4 Å². The fourth-order valence-corrected chi connectivity index (χ4v) is 2.16. The van der Waals surface area contributed by atoms with Crippen LogP contribution in [0.25, 0.3) is 5.65 Å². The molecule has 0 saturated carbocycles. The molecule has 0 fully saturated rings. The molecule has 0 bridgehead atoms. The van der Waals surface area contributed by atoms with Gasteiger partial charge < -0.3 is 5.11 Å². The maximum atomic E-state index is 9.25. The average molecular weight is 304 g/mol. The lowest BCUT2D eigenvalue weighted by molar-refractivity contribution is 0.475. The third-order valence-electron chi connectivity index (χ3n) is 2.74. The molecule has 0 unspecified atom stereocenters. The molecule has 90 valence electrons. The van der Waals surface area contributed by atoms with Gasteiger partial charge in [-0.1, -0.05) is 28.1 Å². The third-order valence-corrected chi connectivity index (χ3v) is 3.23. The van der Waals surface area contributed by atoms with Crippen LogP contribution in [-0.2, 0) is 6.42 Å². The van der Waals surface area contributed by atoms with E-state index in [1.807, 2.05) is 34.9 Å². The molecule has 3 rings (SSSR count). The standard InChI is InChI=1S/C13H10BrN3O/c14-10-5-6-17-12(15-16-13(17)8-10)7-9-1-3-11(18)4-2-9/h1-6,8,18H,7H2. The number of rotatable bonds is 2. The molecular formula is C13H10BrN3O. The summed E-state index contributed by atoms with van der Waals surface area (Å²) in [5.41, 5.74) is 1.91. The van der Waals surface area contributed by atoms with Crippen LogP contribution in [0.4, 0.5) is 0 Å². The Balaban J connectivity index is 1.97. The number of halogens is 1. The Bertz CT molecular complexity index is 691. The zero-order valence-electron chi connectivity index (χ0n) is 9.42. The van der Waals surface area contributed by atoms with Crippen LogP contribution in [0.5, 0.6) is 5.75 Å². The van der Waals surface area contributed by atoms with Crippen LogP contribution in [0.15, 0.2) is 47.1 Å². The Hall–Kier alpha value is -1.88. The van der Waals surface area contributed by atoms with Crippen molar-refractivity contribution >= 4 is 21.6 Å². The normalized spacial score (nSPS) is 10.9. The summed E-state index contributed by atoms with van der Waals surface area (Å²) >= 11 is 3.41. The number of aromatic hydroxyl groups is 1. The number of aromatic nitrogens is 3. The van der Waals surface area contributed by atoms with E-state index in [2.05, 4.69) is 26.1 Å². The summed E-state index contributed by atoms with van der Waals surface area (Å²) in [6.45, 7) is 0. The van der Waals surface area contributed by atoms with Gasteiger partial charge in [0.2, 0.25) is 0 Å². The molecule has 18 heavy (non-hydrogen) atoms. The summed E-state index contributed by atoms with van der Waals surface area (Å²) in [6.07, 6.45) is 2.62. The second-order valence-corrected chi connectivity index (χ2v) is 4.95. The lowest BCUT2D eigenvalue weighted by Gasteiger charge is -2.01. The molecule has 0 atom stereocenters. The average Bonchev–Trinajstić information content (AvgIpc) is 2.74. The van der Waals surface area contributed by atoms with Gasteiger partial charge in [-0.25, -0.2) is 0 Å². The van der Waals surface area contributed by atoms with E-state index >= 15 is 0 Å². The number of nitrogens with zero attached hydrogens (tertiary/aromatic N) is 3. The zero-order chi connectivity index (χ0) is 12.5. The van der Waals surface area contributed by atoms with Crippen LogP contribution in [-0.4, -0.2) is 19.7 Å². The third kappa shape index (κ3) is 2.09. The zero-order valence-corrected chi connectivity index (χ0v) is 11.0. The predicted octanol–water partition coefficient (Wildman–Crippen LogP) is 2.79. The second-order valence-electron chi connectivity index (χ2n) is 4.03. The van der Waals surface area contributed by atoms with Gasteiger partial charge in [-0.2, -0.15) is 0 Å². The van der Waals surface area contributed by atoms with E-state index in [-0.39, 0.29) is 5.75 Å². The lowest BCUT2D eigenvalue weighted by Crippen LogP contribution is -1.95. The minimum absolute atomic E-state index is 0.272. The van der Waals surface area contributed by atoms with E-state index in [0.29, 0.717) is 6.42 Å². The van der Waals surface area contributed by atoms with E-state index in [9.17, 15) is 5.11 Å². The Morgan fingerprint density at radius 3 is 2.67 bits per heavy atom. The molecule has 2 aromatic heterocycles. The first-order valence-corrected chi connectivity index (χ1v) is 6.29. The molecule has 1 aromatic carbocycles. The van der Waals surface area contributed by atoms with Gasteiger partial charge in [-0.05, 0) is 29.8 Å². The number of phenolic OH excluding ortho intramolecular Hbond substituents is 1. The number of hydrogen-bond acceptors (Lipinski definition) is 3. The number of fused-ring (bicyclic) bond motifs is 1. The number of pyridine rings is 1. The first-order chi connectivity index (χ1) is 8.72.